The van der Waals surface area contributed by atoms with Gasteiger partial charge in [0.2, 0.25) is 0 Å². The first-order valence-electron chi connectivity index (χ1n) is 8.97. The van der Waals surface area contributed by atoms with Crippen LogP contribution in [-0.4, -0.2) is 17.5 Å². The zero-order valence-corrected chi connectivity index (χ0v) is 13.1. The molecule has 1 nitrogen and oxygen atoms in total. The molecular formula is C20H27N. The largest absolute Gasteiger partial charge is 0.293 e. The van der Waals surface area contributed by atoms with Crippen molar-refractivity contribution in [1.82, 2.24) is 4.90 Å². The van der Waals surface area contributed by atoms with Crippen LogP contribution in [-0.2, 0) is 0 Å². The van der Waals surface area contributed by atoms with Crippen LogP contribution in [0.25, 0.3) is 5.57 Å². The molecule has 0 aromatic heterocycles. The van der Waals surface area contributed by atoms with Crippen LogP contribution < -0.4 is 0 Å². The number of allylic oxidation sites excluding steroid dienone is 2. The first-order valence-corrected chi connectivity index (χ1v) is 8.97. The molecule has 2 atom stereocenters. The molecule has 2 heterocycles. The van der Waals surface area contributed by atoms with Gasteiger partial charge in [0.25, 0.3) is 0 Å². The van der Waals surface area contributed by atoms with Gasteiger partial charge in [-0.05, 0) is 74.6 Å². The van der Waals surface area contributed by atoms with Gasteiger partial charge in [0.1, 0.15) is 0 Å². The average molecular weight is 281 g/mol. The van der Waals surface area contributed by atoms with Gasteiger partial charge in [-0.15, -0.1) is 0 Å². The van der Waals surface area contributed by atoms with E-state index in [1.165, 1.54) is 69.9 Å². The summed E-state index contributed by atoms with van der Waals surface area (Å²) in [5.74, 6) is 0. The highest BCUT2D eigenvalue weighted by atomic mass is 15.2. The lowest BCUT2D eigenvalue weighted by Crippen LogP contribution is -2.35. The fourth-order valence-electron chi connectivity index (χ4n) is 4.64. The predicted molar refractivity (Wildman–Crippen MR) is 89.2 cm³/mol. The maximum atomic E-state index is 2.79. The number of rotatable bonds is 2. The van der Waals surface area contributed by atoms with E-state index in [0.29, 0.717) is 6.04 Å². The van der Waals surface area contributed by atoms with E-state index in [1.807, 2.05) is 0 Å². The number of hydrogen-bond donors (Lipinski definition) is 0. The molecule has 1 aliphatic carbocycles. The molecule has 1 aromatic rings. The number of hydrogen-bond acceptors (Lipinski definition) is 1. The standard InChI is InChI=1S/C20H27N/c1-2-6-16(7-3-1)17-9-11-18(12-10-17)20-14-13-19-8-4-5-15-21(19)20/h6,9-12,19-20H,1-5,7-8,13-15H2. The van der Waals surface area contributed by atoms with Gasteiger partial charge < -0.3 is 0 Å². The zero-order valence-electron chi connectivity index (χ0n) is 13.1. The van der Waals surface area contributed by atoms with Crippen molar-refractivity contribution in [2.75, 3.05) is 6.54 Å². The third-order valence-corrected chi connectivity index (χ3v) is 5.80. The Bertz CT molecular complexity index is 513. The highest BCUT2D eigenvalue weighted by Gasteiger charge is 2.35. The second-order valence-electron chi connectivity index (χ2n) is 7.08. The van der Waals surface area contributed by atoms with Crippen LogP contribution in [0.4, 0.5) is 0 Å². The average Bonchev–Trinajstić information content (AvgIpc) is 3.00. The Morgan fingerprint density at radius 3 is 2.57 bits per heavy atom. The summed E-state index contributed by atoms with van der Waals surface area (Å²) in [6.45, 7) is 1.32. The van der Waals surface area contributed by atoms with Crippen LogP contribution in [0.2, 0.25) is 0 Å². The van der Waals surface area contributed by atoms with Crippen LogP contribution in [0.5, 0.6) is 0 Å². The summed E-state index contributed by atoms with van der Waals surface area (Å²) < 4.78 is 0. The fraction of sp³-hybridized carbons (Fsp3) is 0.600. The summed E-state index contributed by atoms with van der Waals surface area (Å²) in [5.41, 5.74) is 4.60. The van der Waals surface area contributed by atoms with E-state index in [1.54, 1.807) is 11.1 Å². The molecule has 4 rings (SSSR count). The van der Waals surface area contributed by atoms with Gasteiger partial charge in [-0.1, -0.05) is 36.8 Å². The van der Waals surface area contributed by atoms with Crippen LogP contribution in [0, 0.1) is 0 Å². The van der Waals surface area contributed by atoms with Crippen molar-refractivity contribution in [2.45, 2.75) is 69.9 Å². The Labute approximate surface area is 129 Å². The number of fused-ring (bicyclic) bond motifs is 1. The highest BCUT2D eigenvalue weighted by molar-refractivity contribution is 5.66. The summed E-state index contributed by atoms with van der Waals surface area (Å²) >= 11 is 0. The number of nitrogens with zero attached hydrogens (tertiary/aromatic N) is 1. The lowest BCUT2D eigenvalue weighted by atomic mass is 9.92. The van der Waals surface area contributed by atoms with Gasteiger partial charge >= 0.3 is 0 Å². The zero-order chi connectivity index (χ0) is 14.1. The SMILES string of the molecule is C1=C(c2ccc(C3CCC4CCCCN43)cc2)CCCC1. The summed E-state index contributed by atoms with van der Waals surface area (Å²) in [4.78, 5) is 2.79. The second kappa shape index (κ2) is 5.96. The first kappa shape index (κ1) is 13.6. The third kappa shape index (κ3) is 2.68. The molecule has 0 saturated carbocycles. The van der Waals surface area contributed by atoms with E-state index < -0.39 is 0 Å². The van der Waals surface area contributed by atoms with Crippen LogP contribution in [0.15, 0.2) is 30.3 Å². The van der Waals surface area contributed by atoms with Crippen molar-refractivity contribution in [3.8, 4) is 0 Å². The third-order valence-electron chi connectivity index (χ3n) is 5.80. The maximum absolute atomic E-state index is 2.79. The smallest absolute Gasteiger partial charge is 0.0351 e. The summed E-state index contributed by atoms with van der Waals surface area (Å²) in [7, 11) is 0. The highest BCUT2D eigenvalue weighted by Crippen LogP contribution is 2.40. The Balaban J connectivity index is 1.52. The Hall–Kier alpha value is -1.08. The lowest BCUT2D eigenvalue weighted by Gasteiger charge is -2.34. The van der Waals surface area contributed by atoms with E-state index in [2.05, 4.69) is 35.2 Å². The van der Waals surface area contributed by atoms with Gasteiger partial charge in [-0.25, -0.2) is 0 Å². The summed E-state index contributed by atoms with van der Waals surface area (Å²) in [6, 6.07) is 11.2. The molecule has 0 radical (unpaired) electrons. The molecule has 0 bridgehead atoms. The van der Waals surface area contributed by atoms with Gasteiger partial charge in [0.05, 0.1) is 0 Å². The predicted octanol–water partition coefficient (Wildman–Crippen LogP) is 5.33. The molecule has 1 heteroatoms. The van der Waals surface area contributed by atoms with Crippen molar-refractivity contribution in [3.05, 3.63) is 41.5 Å². The molecule has 2 fully saturated rings. The monoisotopic (exact) mass is 281 g/mol. The molecule has 1 aromatic carbocycles. The molecule has 3 aliphatic rings. The van der Waals surface area contributed by atoms with Crippen molar-refractivity contribution in [3.63, 3.8) is 0 Å². The molecule has 0 N–H and O–H groups in total. The van der Waals surface area contributed by atoms with Crippen LogP contribution >= 0.6 is 0 Å². The Morgan fingerprint density at radius 1 is 0.857 bits per heavy atom. The van der Waals surface area contributed by atoms with E-state index >= 15 is 0 Å². The molecule has 2 aliphatic heterocycles. The fourth-order valence-corrected chi connectivity index (χ4v) is 4.64. The molecule has 0 spiro atoms. The molecule has 0 amide bonds. The Kier molecular flexibility index (Phi) is 3.85. The van der Waals surface area contributed by atoms with E-state index in [4.69, 9.17) is 0 Å². The normalized spacial score (nSPS) is 30.0. The van der Waals surface area contributed by atoms with Crippen molar-refractivity contribution in [1.29, 1.82) is 0 Å². The minimum absolute atomic E-state index is 0.699. The minimum Gasteiger partial charge on any atom is -0.293 e. The van der Waals surface area contributed by atoms with Gasteiger partial charge in [-0.3, -0.25) is 4.90 Å². The first-order chi connectivity index (χ1) is 10.4. The van der Waals surface area contributed by atoms with Crippen LogP contribution in [0.1, 0.15) is 75.0 Å². The number of benzene rings is 1. The van der Waals surface area contributed by atoms with E-state index in [9.17, 15) is 0 Å². The summed E-state index contributed by atoms with van der Waals surface area (Å²) in [5, 5.41) is 0. The maximum Gasteiger partial charge on any atom is 0.0351 e. The Morgan fingerprint density at radius 2 is 1.76 bits per heavy atom. The molecule has 2 saturated heterocycles. The molecule has 2 unspecified atom stereocenters. The second-order valence-corrected chi connectivity index (χ2v) is 7.08. The topological polar surface area (TPSA) is 3.24 Å². The number of piperidine rings is 1. The van der Waals surface area contributed by atoms with Crippen molar-refractivity contribution in [2.24, 2.45) is 0 Å². The molecular weight excluding hydrogens is 254 g/mol. The van der Waals surface area contributed by atoms with Crippen molar-refractivity contribution < 1.29 is 0 Å². The molecule has 112 valence electrons. The van der Waals surface area contributed by atoms with Crippen molar-refractivity contribution >= 4 is 5.57 Å². The van der Waals surface area contributed by atoms with E-state index in [0.717, 1.165) is 6.04 Å². The lowest BCUT2D eigenvalue weighted by molar-refractivity contribution is 0.150. The van der Waals surface area contributed by atoms with Crippen LogP contribution in [0.3, 0.4) is 0 Å². The van der Waals surface area contributed by atoms with Gasteiger partial charge in [0, 0.05) is 12.1 Å². The minimum atomic E-state index is 0.699. The summed E-state index contributed by atoms with van der Waals surface area (Å²) in [6.07, 6.45) is 14.8. The quantitative estimate of drug-likeness (QED) is 0.708. The van der Waals surface area contributed by atoms with Gasteiger partial charge in [0.15, 0.2) is 0 Å². The molecule has 21 heavy (non-hydrogen) atoms. The van der Waals surface area contributed by atoms with Gasteiger partial charge in [-0.2, -0.15) is 0 Å². The van der Waals surface area contributed by atoms with E-state index in [-0.39, 0.29) is 0 Å².